The van der Waals surface area contributed by atoms with E-state index < -0.39 is 5.91 Å². The summed E-state index contributed by atoms with van der Waals surface area (Å²) in [5.41, 5.74) is 8.89. The Labute approximate surface area is 186 Å². The Morgan fingerprint density at radius 1 is 1.10 bits per heavy atom. The average molecular weight is 438 g/mol. The average Bonchev–Trinajstić information content (AvgIpc) is 3.27. The molecule has 1 unspecified atom stereocenters. The first-order chi connectivity index (χ1) is 15.0. The minimum absolute atomic E-state index is 0.0252. The number of hydrogen-bond donors (Lipinski definition) is 2. The van der Waals surface area contributed by atoms with E-state index in [-0.39, 0.29) is 11.9 Å². The molecule has 0 aliphatic rings. The molecule has 2 aromatic carbocycles. The highest BCUT2D eigenvalue weighted by molar-refractivity contribution is 7.09. The summed E-state index contributed by atoms with van der Waals surface area (Å²) in [5, 5.41) is 6.05. The number of ether oxygens (including phenoxy) is 1. The summed E-state index contributed by atoms with van der Waals surface area (Å²) in [4.78, 5) is 28.7. The fourth-order valence-corrected chi connectivity index (χ4v) is 4.16. The van der Waals surface area contributed by atoms with Gasteiger partial charge in [0.2, 0.25) is 11.8 Å². The van der Waals surface area contributed by atoms with Crippen molar-refractivity contribution < 1.29 is 14.3 Å². The van der Waals surface area contributed by atoms with Gasteiger partial charge in [0.1, 0.15) is 10.8 Å². The van der Waals surface area contributed by atoms with Gasteiger partial charge in [-0.05, 0) is 54.7 Å². The van der Waals surface area contributed by atoms with Gasteiger partial charge in [-0.3, -0.25) is 9.59 Å². The Balaban J connectivity index is 1.68. The van der Waals surface area contributed by atoms with Crippen LogP contribution in [0.2, 0.25) is 0 Å². The number of hydrogen-bond acceptors (Lipinski definition) is 5. The molecule has 1 atom stereocenters. The number of thiazole rings is 1. The predicted molar refractivity (Wildman–Crippen MR) is 122 cm³/mol. The van der Waals surface area contributed by atoms with E-state index in [1.807, 2.05) is 41.8 Å². The summed E-state index contributed by atoms with van der Waals surface area (Å²) in [6, 6.07) is 14.7. The SMILES string of the molecule is CCc1csc(C(Cc2ccc(C(N)=O)cc2)NC(=O)CCc2ccc(OC)cc2)n1. The molecule has 1 heterocycles. The molecule has 0 saturated carbocycles. The summed E-state index contributed by atoms with van der Waals surface area (Å²) < 4.78 is 5.17. The molecule has 0 spiro atoms. The van der Waals surface area contributed by atoms with Crippen LogP contribution in [0, 0.1) is 0 Å². The largest absolute Gasteiger partial charge is 0.497 e. The number of aryl methyl sites for hydroxylation is 2. The number of aromatic nitrogens is 1. The number of primary amides is 1. The normalized spacial score (nSPS) is 11.7. The Kier molecular flexibility index (Phi) is 7.78. The van der Waals surface area contributed by atoms with Crippen molar-refractivity contribution in [3.05, 3.63) is 81.3 Å². The quantitative estimate of drug-likeness (QED) is 0.504. The van der Waals surface area contributed by atoms with Crippen LogP contribution < -0.4 is 15.8 Å². The van der Waals surface area contributed by atoms with E-state index in [1.165, 1.54) is 0 Å². The van der Waals surface area contributed by atoms with Gasteiger partial charge in [0.15, 0.2) is 0 Å². The third-order valence-corrected chi connectivity index (χ3v) is 6.05. The van der Waals surface area contributed by atoms with Crippen molar-refractivity contribution in [3.63, 3.8) is 0 Å². The molecule has 162 valence electrons. The third kappa shape index (κ3) is 6.39. The molecule has 31 heavy (non-hydrogen) atoms. The van der Waals surface area contributed by atoms with E-state index in [9.17, 15) is 9.59 Å². The highest BCUT2D eigenvalue weighted by atomic mass is 32.1. The second kappa shape index (κ2) is 10.7. The second-order valence-corrected chi connectivity index (χ2v) is 8.15. The summed E-state index contributed by atoms with van der Waals surface area (Å²) in [6.07, 6.45) is 2.47. The Morgan fingerprint density at radius 2 is 1.77 bits per heavy atom. The van der Waals surface area contributed by atoms with E-state index in [2.05, 4.69) is 17.2 Å². The van der Waals surface area contributed by atoms with Crippen molar-refractivity contribution in [2.45, 2.75) is 38.6 Å². The van der Waals surface area contributed by atoms with Gasteiger partial charge < -0.3 is 15.8 Å². The summed E-state index contributed by atoms with van der Waals surface area (Å²) in [5.74, 6) is 0.316. The highest BCUT2D eigenvalue weighted by Gasteiger charge is 2.19. The van der Waals surface area contributed by atoms with Crippen molar-refractivity contribution in [2.24, 2.45) is 5.73 Å². The molecule has 3 rings (SSSR count). The molecule has 3 N–H and O–H groups in total. The van der Waals surface area contributed by atoms with Crippen LogP contribution in [0.4, 0.5) is 0 Å². The molecule has 0 radical (unpaired) electrons. The van der Waals surface area contributed by atoms with Crippen LogP contribution >= 0.6 is 11.3 Å². The number of nitrogens with zero attached hydrogens (tertiary/aromatic N) is 1. The molecule has 0 fully saturated rings. The minimum atomic E-state index is -0.456. The van der Waals surface area contributed by atoms with Crippen LogP contribution in [0.15, 0.2) is 53.9 Å². The molecule has 6 nitrogen and oxygen atoms in total. The van der Waals surface area contributed by atoms with Gasteiger partial charge in [-0.15, -0.1) is 11.3 Å². The van der Waals surface area contributed by atoms with Gasteiger partial charge in [-0.25, -0.2) is 4.98 Å². The van der Waals surface area contributed by atoms with Crippen LogP contribution in [0.5, 0.6) is 5.75 Å². The lowest BCUT2D eigenvalue weighted by atomic mass is 10.0. The molecule has 2 amide bonds. The zero-order chi connectivity index (χ0) is 22.2. The van der Waals surface area contributed by atoms with Crippen molar-refractivity contribution in [1.82, 2.24) is 10.3 Å². The minimum Gasteiger partial charge on any atom is -0.497 e. The fraction of sp³-hybridized carbons (Fsp3) is 0.292. The maximum atomic E-state index is 12.7. The van der Waals surface area contributed by atoms with Crippen molar-refractivity contribution in [1.29, 1.82) is 0 Å². The first-order valence-electron chi connectivity index (χ1n) is 10.2. The second-order valence-electron chi connectivity index (χ2n) is 7.26. The number of carbonyl (C=O) groups excluding carboxylic acids is 2. The van der Waals surface area contributed by atoms with Crippen molar-refractivity contribution in [2.75, 3.05) is 7.11 Å². The number of amides is 2. The fourth-order valence-electron chi connectivity index (χ4n) is 3.20. The highest BCUT2D eigenvalue weighted by Crippen LogP contribution is 2.23. The molecule has 0 bridgehead atoms. The Bertz CT molecular complexity index is 1010. The van der Waals surface area contributed by atoms with Crippen LogP contribution in [0.25, 0.3) is 0 Å². The Morgan fingerprint density at radius 3 is 2.35 bits per heavy atom. The first kappa shape index (κ1) is 22.5. The molecular formula is C24H27N3O3S. The number of nitrogens with one attached hydrogen (secondary N) is 1. The summed E-state index contributed by atoms with van der Waals surface area (Å²) in [6.45, 7) is 2.06. The van der Waals surface area contributed by atoms with E-state index in [4.69, 9.17) is 10.5 Å². The van der Waals surface area contributed by atoms with E-state index in [0.717, 1.165) is 34.0 Å². The van der Waals surface area contributed by atoms with E-state index >= 15 is 0 Å². The maximum Gasteiger partial charge on any atom is 0.248 e. The molecule has 1 aromatic heterocycles. The van der Waals surface area contributed by atoms with Crippen LogP contribution in [0.1, 0.15) is 51.6 Å². The lowest BCUT2D eigenvalue weighted by molar-refractivity contribution is -0.121. The number of nitrogens with two attached hydrogens (primary N) is 1. The van der Waals surface area contributed by atoms with Gasteiger partial charge in [0, 0.05) is 17.4 Å². The third-order valence-electron chi connectivity index (χ3n) is 5.04. The van der Waals surface area contributed by atoms with Crippen molar-refractivity contribution >= 4 is 23.2 Å². The molecule has 0 saturated heterocycles. The molecule has 7 heteroatoms. The summed E-state index contributed by atoms with van der Waals surface area (Å²) >= 11 is 1.56. The van der Waals surface area contributed by atoms with Crippen molar-refractivity contribution in [3.8, 4) is 5.75 Å². The van der Waals surface area contributed by atoms with Crippen LogP contribution in [-0.4, -0.2) is 23.9 Å². The standard InChI is InChI=1S/C24H27N3O3S/c1-3-19-15-31-24(26-19)21(14-17-4-9-18(10-5-17)23(25)29)27-22(28)13-8-16-6-11-20(30-2)12-7-16/h4-7,9-12,15,21H,3,8,13-14H2,1-2H3,(H2,25,29)(H,27,28). The number of rotatable bonds is 10. The number of methoxy groups -OCH3 is 1. The van der Waals surface area contributed by atoms with Crippen LogP contribution in [0.3, 0.4) is 0 Å². The maximum absolute atomic E-state index is 12.7. The first-order valence-corrected chi connectivity index (χ1v) is 11.1. The molecular weight excluding hydrogens is 410 g/mol. The van der Waals surface area contributed by atoms with Gasteiger partial charge >= 0.3 is 0 Å². The Hall–Kier alpha value is -3.19. The molecule has 0 aliphatic carbocycles. The zero-order valence-electron chi connectivity index (χ0n) is 17.8. The number of carbonyl (C=O) groups is 2. The lowest BCUT2D eigenvalue weighted by Gasteiger charge is -2.17. The van der Waals surface area contributed by atoms with Gasteiger partial charge in [0.25, 0.3) is 0 Å². The molecule has 0 aliphatic heterocycles. The van der Waals surface area contributed by atoms with Gasteiger partial charge in [-0.1, -0.05) is 31.2 Å². The van der Waals surface area contributed by atoms with Crippen LogP contribution in [-0.2, 0) is 24.1 Å². The zero-order valence-corrected chi connectivity index (χ0v) is 18.6. The van der Waals surface area contributed by atoms with Gasteiger partial charge in [0.05, 0.1) is 18.8 Å². The van der Waals surface area contributed by atoms with Gasteiger partial charge in [-0.2, -0.15) is 0 Å². The topological polar surface area (TPSA) is 94.3 Å². The monoisotopic (exact) mass is 437 g/mol. The molecule has 3 aromatic rings. The lowest BCUT2D eigenvalue weighted by Crippen LogP contribution is -2.30. The summed E-state index contributed by atoms with van der Waals surface area (Å²) in [7, 11) is 1.63. The van der Waals surface area contributed by atoms with E-state index in [1.54, 1.807) is 30.6 Å². The van der Waals surface area contributed by atoms with E-state index in [0.29, 0.717) is 24.8 Å². The number of benzene rings is 2. The predicted octanol–water partition coefficient (Wildman–Crippen LogP) is 3.85. The smallest absolute Gasteiger partial charge is 0.248 e.